The van der Waals surface area contributed by atoms with Gasteiger partial charge in [0.1, 0.15) is 0 Å². The zero-order valence-corrected chi connectivity index (χ0v) is 14.6. The summed E-state index contributed by atoms with van der Waals surface area (Å²) in [6.07, 6.45) is 2.96. The number of nitrogens with one attached hydrogen (secondary N) is 3. The standard InChI is InChI=1S/C20H24N4O2/c25-20(23-26)8-7-16-3-1-4-17(13-16)15-22-18-5-2-6-19(14-18)24-11-9-21-10-12-24/h1-8,13-14,21-22,26H,9-12,15H2,(H,23,25)/b8-7+. The third-order valence-electron chi connectivity index (χ3n) is 4.31. The molecule has 0 unspecified atom stereocenters. The summed E-state index contributed by atoms with van der Waals surface area (Å²) in [6, 6.07) is 16.4. The highest BCUT2D eigenvalue weighted by Crippen LogP contribution is 2.20. The molecule has 2 aromatic rings. The van der Waals surface area contributed by atoms with Crippen molar-refractivity contribution >= 4 is 23.4 Å². The number of rotatable bonds is 6. The van der Waals surface area contributed by atoms with Crippen molar-refractivity contribution in [2.45, 2.75) is 6.54 Å². The van der Waals surface area contributed by atoms with E-state index in [9.17, 15) is 4.79 Å². The van der Waals surface area contributed by atoms with E-state index >= 15 is 0 Å². The van der Waals surface area contributed by atoms with E-state index in [0.717, 1.165) is 43.0 Å². The molecule has 0 spiro atoms. The van der Waals surface area contributed by atoms with Crippen molar-refractivity contribution in [1.29, 1.82) is 0 Å². The fraction of sp³-hybridized carbons (Fsp3) is 0.250. The Bertz CT molecular complexity index is 770. The Morgan fingerprint density at radius 2 is 1.96 bits per heavy atom. The van der Waals surface area contributed by atoms with Gasteiger partial charge in [-0.15, -0.1) is 0 Å². The molecule has 4 N–H and O–H groups in total. The van der Waals surface area contributed by atoms with Crippen LogP contribution in [0.25, 0.3) is 6.08 Å². The maximum atomic E-state index is 11.1. The Kier molecular flexibility index (Phi) is 6.24. The van der Waals surface area contributed by atoms with Crippen LogP contribution in [0.4, 0.5) is 11.4 Å². The number of benzene rings is 2. The summed E-state index contributed by atoms with van der Waals surface area (Å²) in [6.45, 7) is 4.79. The Morgan fingerprint density at radius 1 is 1.15 bits per heavy atom. The molecule has 1 amide bonds. The minimum atomic E-state index is -0.543. The molecule has 1 fully saturated rings. The predicted octanol–water partition coefficient (Wildman–Crippen LogP) is 2.23. The third kappa shape index (κ3) is 5.08. The fourth-order valence-electron chi connectivity index (χ4n) is 2.96. The van der Waals surface area contributed by atoms with Crippen LogP contribution in [0, 0.1) is 0 Å². The summed E-state index contributed by atoms with van der Waals surface area (Å²) in [5, 5.41) is 15.4. The number of carbonyl (C=O) groups is 1. The van der Waals surface area contributed by atoms with Gasteiger partial charge in [0.15, 0.2) is 0 Å². The van der Waals surface area contributed by atoms with Crippen molar-refractivity contribution < 1.29 is 10.0 Å². The van der Waals surface area contributed by atoms with Gasteiger partial charge in [0.25, 0.3) is 5.91 Å². The number of hydrogen-bond donors (Lipinski definition) is 4. The van der Waals surface area contributed by atoms with Gasteiger partial charge in [-0.25, -0.2) is 5.48 Å². The first-order chi connectivity index (χ1) is 12.7. The minimum Gasteiger partial charge on any atom is -0.381 e. The normalized spacial score (nSPS) is 14.4. The van der Waals surface area contributed by atoms with Crippen molar-refractivity contribution in [2.24, 2.45) is 0 Å². The molecule has 1 heterocycles. The molecule has 1 aliphatic rings. The lowest BCUT2D eigenvalue weighted by atomic mass is 10.1. The Morgan fingerprint density at radius 3 is 2.77 bits per heavy atom. The molecule has 0 aromatic heterocycles. The number of hydroxylamine groups is 1. The van der Waals surface area contributed by atoms with E-state index in [1.54, 1.807) is 11.6 Å². The molecule has 0 atom stereocenters. The van der Waals surface area contributed by atoms with Gasteiger partial charge in [0, 0.05) is 50.2 Å². The summed E-state index contributed by atoms with van der Waals surface area (Å²) < 4.78 is 0. The van der Waals surface area contributed by atoms with Crippen LogP contribution in [0.15, 0.2) is 54.6 Å². The van der Waals surface area contributed by atoms with E-state index in [4.69, 9.17) is 5.21 Å². The zero-order chi connectivity index (χ0) is 18.2. The zero-order valence-electron chi connectivity index (χ0n) is 14.6. The number of piperazine rings is 1. The maximum absolute atomic E-state index is 11.1. The van der Waals surface area contributed by atoms with Crippen LogP contribution in [-0.2, 0) is 11.3 Å². The molecule has 0 bridgehead atoms. The van der Waals surface area contributed by atoms with Gasteiger partial charge in [-0.05, 0) is 41.5 Å². The lowest BCUT2D eigenvalue weighted by Crippen LogP contribution is -2.43. The molecule has 0 radical (unpaired) electrons. The fourth-order valence-corrected chi connectivity index (χ4v) is 2.96. The highest BCUT2D eigenvalue weighted by Gasteiger charge is 2.10. The first-order valence-corrected chi connectivity index (χ1v) is 8.75. The lowest BCUT2D eigenvalue weighted by Gasteiger charge is -2.29. The molecule has 1 aliphatic heterocycles. The highest BCUT2D eigenvalue weighted by atomic mass is 16.5. The third-order valence-corrected chi connectivity index (χ3v) is 4.31. The van der Waals surface area contributed by atoms with Crippen LogP contribution in [0.2, 0.25) is 0 Å². The SMILES string of the molecule is O=C(/C=C/c1cccc(CNc2cccc(N3CCNCC3)c2)c1)NO. The van der Waals surface area contributed by atoms with Crippen molar-refractivity contribution in [1.82, 2.24) is 10.8 Å². The van der Waals surface area contributed by atoms with Gasteiger partial charge in [-0.1, -0.05) is 24.3 Å². The predicted molar refractivity (Wildman–Crippen MR) is 104 cm³/mol. The second-order valence-electron chi connectivity index (χ2n) is 6.20. The smallest absolute Gasteiger partial charge is 0.267 e. The van der Waals surface area contributed by atoms with E-state index in [-0.39, 0.29) is 0 Å². The number of carbonyl (C=O) groups excluding carboxylic acids is 1. The van der Waals surface area contributed by atoms with E-state index in [2.05, 4.69) is 39.8 Å². The molecule has 0 saturated carbocycles. The summed E-state index contributed by atoms with van der Waals surface area (Å²) in [5.41, 5.74) is 5.93. The Balaban J connectivity index is 1.62. The molecule has 2 aromatic carbocycles. The maximum Gasteiger partial charge on any atom is 0.267 e. The summed E-state index contributed by atoms with van der Waals surface area (Å²) in [7, 11) is 0. The Labute approximate surface area is 153 Å². The highest BCUT2D eigenvalue weighted by molar-refractivity contribution is 5.90. The van der Waals surface area contributed by atoms with Crippen molar-refractivity contribution in [2.75, 3.05) is 36.4 Å². The molecular formula is C20H24N4O2. The second kappa shape index (κ2) is 9.03. The molecule has 26 heavy (non-hydrogen) atoms. The number of amides is 1. The number of nitrogens with zero attached hydrogens (tertiary/aromatic N) is 1. The van der Waals surface area contributed by atoms with Crippen LogP contribution in [0.1, 0.15) is 11.1 Å². The number of hydrogen-bond acceptors (Lipinski definition) is 5. The van der Waals surface area contributed by atoms with Gasteiger partial charge in [0.2, 0.25) is 0 Å². The van der Waals surface area contributed by atoms with Crippen LogP contribution in [0.5, 0.6) is 0 Å². The van der Waals surface area contributed by atoms with Gasteiger partial charge >= 0.3 is 0 Å². The summed E-state index contributed by atoms with van der Waals surface area (Å²) in [4.78, 5) is 13.5. The van der Waals surface area contributed by atoms with Gasteiger partial charge in [-0.3, -0.25) is 10.0 Å². The first kappa shape index (κ1) is 18.0. The molecule has 0 aliphatic carbocycles. The van der Waals surface area contributed by atoms with E-state index in [1.165, 1.54) is 11.8 Å². The molecule has 3 rings (SSSR count). The quantitative estimate of drug-likeness (QED) is 0.364. The van der Waals surface area contributed by atoms with E-state index in [1.807, 2.05) is 24.3 Å². The molecule has 1 saturated heterocycles. The van der Waals surface area contributed by atoms with E-state index in [0.29, 0.717) is 6.54 Å². The van der Waals surface area contributed by atoms with Crippen LogP contribution >= 0.6 is 0 Å². The Hall–Kier alpha value is -2.83. The minimum absolute atomic E-state index is 0.543. The lowest BCUT2D eigenvalue weighted by molar-refractivity contribution is -0.124. The molecule has 136 valence electrons. The summed E-state index contributed by atoms with van der Waals surface area (Å²) >= 11 is 0. The van der Waals surface area contributed by atoms with Crippen LogP contribution in [0.3, 0.4) is 0 Å². The van der Waals surface area contributed by atoms with Gasteiger partial charge in [0.05, 0.1) is 0 Å². The van der Waals surface area contributed by atoms with Crippen molar-refractivity contribution in [3.05, 3.63) is 65.7 Å². The van der Waals surface area contributed by atoms with Crippen molar-refractivity contribution in [3.63, 3.8) is 0 Å². The van der Waals surface area contributed by atoms with E-state index < -0.39 is 5.91 Å². The number of anilines is 2. The molecule has 6 nitrogen and oxygen atoms in total. The topological polar surface area (TPSA) is 76.6 Å². The summed E-state index contributed by atoms with van der Waals surface area (Å²) in [5.74, 6) is -0.543. The van der Waals surface area contributed by atoms with Crippen LogP contribution in [-0.4, -0.2) is 37.3 Å². The monoisotopic (exact) mass is 352 g/mol. The van der Waals surface area contributed by atoms with Gasteiger partial charge in [-0.2, -0.15) is 0 Å². The first-order valence-electron chi connectivity index (χ1n) is 8.75. The average Bonchev–Trinajstić information content (AvgIpc) is 2.71. The average molecular weight is 352 g/mol. The largest absolute Gasteiger partial charge is 0.381 e. The second-order valence-corrected chi connectivity index (χ2v) is 6.20. The molecule has 6 heteroatoms. The van der Waals surface area contributed by atoms with Crippen molar-refractivity contribution in [3.8, 4) is 0 Å². The van der Waals surface area contributed by atoms with Gasteiger partial charge < -0.3 is 15.5 Å². The van der Waals surface area contributed by atoms with Crippen LogP contribution < -0.4 is 21.0 Å². The molecular weight excluding hydrogens is 328 g/mol.